The summed E-state index contributed by atoms with van der Waals surface area (Å²) in [7, 11) is 2.26. The number of amides is 1. The molecule has 2 aliphatic rings. The molecule has 0 aliphatic carbocycles. The van der Waals surface area contributed by atoms with Crippen molar-refractivity contribution in [1.82, 2.24) is 4.90 Å². The molecule has 3 nitrogen and oxygen atoms in total. The van der Waals surface area contributed by atoms with Gasteiger partial charge in [0.15, 0.2) is 0 Å². The molecule has 2 fully saturated rings. The minimum Gasteiger partial charge on any atom is -0.366 e. The molecule has 1 aromatic rings. The van der Waals surface area contributed by atoms with E-state index < -0.39 is 0 Å². The van der Waals surface area contributed by atoms with Crippen LogP contribution in [0.3, 0.4) is 0 Å². The number of nitrogens with zero attached hydrogens (tertiary/aromatic N) is 1. The van der Waals surface area contributed by atoms with Gasteiger partial charge < -0.3 is 10.6 Å². The highest BCUT2D eigenvalue weighted by atomic mass is 32.2. The molecule has 0 saturated carbocycles. The summed E-state index contributed by atoms with van der Waals surface area (Å²) < 4.78 is 0. The Morgan fingerprint density at radius 2 is 2.00 bits per heavy atom. The molecule has 2 aliphatic heterocycles. The quantitative estimate of drug-likeness (QED) is 0.922. The molecule has 2 bridgehead atoms. The maximum Gasteiger partial charge on any atom is 0.248 e. The first-order valence-electron chi connectivity index (χ1n) is 6.92. The number of benzene rings is 1. The molecule has 1 aromatic carbocycles. The number of carbonyl (C=O) groups is 1. The average Bonchev–Trinajstić information content (AvgIpc) is 2.63. The molecular formula is C15H20N2OS. The van der Waals surface area contributed by atoms with Crippen LogP contribution in [0.4, 0.5) is 0 Å². The molecule has 3 rings (SSSR count). The summed E-state index contributed by atoms with van der Waals surface area (Å²) in [6.07, 6.45) is 5.22. The summed E-state index contributed by atoms with van der Waals surface area (Å²) in [6, 6.07) is 9.23. The standard InChI is InChI=1S/C15H20N2OS/c1-17-11-5-6-12(17)9-14(8-11)19-13-4-2-3-10(7-13)15(16)18/h2-4,7,11-12,14H,5-6,8-9H2,1H3,(H2,16,18). The Kier molecular flexibility index (Phi) is 3.54. The normalized spacial score (nSPS) is 30.5. The zero-order valence-electron chi connectivity index (χ0n) is 11.2. The second-order valence-electron chi connectivity index (χ2n) is 5.65. The van der Waals surface area contributed by atoms with Gasteiger partial charge in [-0.2, -0.15) is 0 Å². The number of carbonyl (C=O) groups excluding carboxylic acids is 1. The number of primary amides is 1. The van der Waals surface area contributed by atoms with E-state index in [1.165, 1.54) is 30.6 Å². The minimum absolute atomic E-state index is 0.342. The summed E-state index contributed by atoms with van der Waals surface area (Å²) in [6.45, 7) is 0. The third-order valence-corrected chi connectivity index (χ3v) is 5.72. The third kappa shape index (κ3) is 2.65. The molecule has 2 saturated heterocycles. The van der Waals surface area contributed by atoms with Gasteiger partial charge in [-0.1, -0.05) is 6.07 Å². The highest BCUT2D eigenvalue weighted by molar-refractivity contribution is 8.00. The van der Waals surface area contributed by atoms with E-state index in [-0.39, 0.29) is 5.91 Å². The van der Waals surface area contributed by atoms with E-state index in [1.807, 2.05) is 23.9 Å². The van der Waals surface area contributed by atoms with Gasteiger partial charge in [-0.3, -0.25) is 4.79 Å². The van der Waals surface area contributed by atoms with Gasteiger partial charge in [0.1, 0.15) is 0 Å². The molecular weight excluding hydrogens is 256 g/mol. The van der Waals surface area contributed by atoms with Crippen LogP contribution in [0.2, 0.25) is 0 Å². The van der Waals surface area contributed by atoms with Crippen LogP contribution >= 0.6 is 11.8 Å². The summed E-state index contributed by atoms with van der Waals surface area (Å²) in [5.74, 6) is -0.342. The van der Waals surface area contributed by atoms with Gasteiger partial charge >= 0.3 is 0 Å². The molecule has 19 heavy (non-hydrogen) atoms. The molecule has 1 amide bonds. The van der Waals surface area contributed by atoms with Gasteiger partial charge in [-0.05, 0) is 50.9 Å². The number of rotatable bonds is 3. The van der Waals surface area contributed by atoms with Crippen molar-refractivity contribution in [2.75, 3.05) is 7.05 Å². The van der Waals surface area contributed by atoms with Crippen LogP contribution in [0.25, 0.3) is 0 Å². The van der Waals surface area contributed by atoms with Crippen LogP contribution in [0.15, 0.2) is 29.2 Å². The summed E-state index contributed by atoms with van der Waals surface area (Å²) >= 11 is 1.91. The van der Waals surface area contributed by atoms with Gasteiger partial charge in [-0.25, -0.2) is 0 Å². The Hall–Kier alpha value is -1.00. The fourth-order valence-corrected chi connectivity index (χ4v) is 4.75. The molecule has 2 unspecified atom stereocenters. The summed E-state index contributed by atoms with van der Waals surface area (Å²) in [5.41, 5.74) is 5.95. The topological polar surface area (TPSA) is 46.3 Å². The van der Waals surface area contributed by atoms with Gasteiger partial charge in [-0.15, -0.1) is 11.8 Å². The average molecular weight is 276 g/mol. The van der Waals surface area contributed by atoms with E-state index in [0.717, 1.165) is 12.1 Å². The first-order valence-corrected chi connectivity index (χ1v) is 7.80. The van der Waals surface area contributed by atoms with Crippen LogP contribution in [0, 0.1) is 0 Å². The molecule has 2 atom stereocenters. The molecule has 4 heteroatoms. The van der Waals surface area contributed by atoms with Crippen molar-refractivity contribution in [1.29, 1.82) is 0 Å². The molecule has 0 aromatic heterocycles. The molecule has 0 spiro atoms. The van der Waals surface area contributed by atoms with Crippen LogP contribution in [0.5, 0.6) is 0 Å². The third-order valence-electron chi connectivity index (χ3n) is 4.48. The van der Waals surface area contributed by atoms with Crippen LogP contribution in [-0.2, 0) is 0 Å². The molecule has 2 N–H and O–H groups in total. The minimum atomic E-state index is -0.342. The van der Waals surface area contributed by atoms with Gasteiger partial charge in [0.25, 0.3) is 0 Å². The number of fused-ring (bicyclic) bond motifs is 2. The van der Waals surface area contributed by atoms with Crippen LogP contribution < -0.4 is 5.73 Å². The molecule has 0 radical (unpaired) electrons. The zero-order valence-corrected chi connectivity index (χ0v) is 12.0. The molecule has 102 valence electrons. The Morgan fingerprint density at radius 3 is 2.63 bits per heavy atom. The van der Waals surface area contributed by atoms with E-state index in [2.05, 4.69) is 18.0 Å². The van der Waals surface area contributed by atoms with Crippen molar-refractivity contribution in [3.05, 3.63) is 29.8 Å². The largest absolute Gasteiger partial charge is 0.366 e. The van der Waals surface area contributed by atoms with Crippen molar-refractivity contribution in [2.45, 2.75) is 47.9 Å². The number of piperidine rings is 1. The fraction of sp³-hybridized carbons (Fsp3) is 0.533. The Labute approximate surface area is 118 Å². The number of hydrogen-bond acceptors (Lipinski definition) is 3. The fourth-order valence-electron chi connectivity index (χ4n) is 3.37. The maximum absolute atomic E-state index is 11.2. The lowest BCUT2D eigenvalue weighted by molar-refractivity contribution is 0.1000. The van der Waals surface area contributed by atoms with Crippen molar-refractivity contribution in [3.8, 4) is 0 Å². The van der Waals surface area contributed by atoms with Gasteiger partial charge in [0, 0.05) is 27.8 Å². The van der Waals surface area contributed by atoms with E-state index in [4.69, 9.17) is 5.73 Å². The number of hydrogen-bond donors (Lipinski definition) is 1. The second-order valence-corrected chi connectivity index (χ2v) is 7.03. The van der Waals surface area contributed by atoms with Crippen molar-refractivity contribution in [3.63, 3.8) is 0 Å². The Morgan fingerprint density at radius 1 is 1.32 bits per heavy atom. The van der Waals surface area contributed by atoms with E-state index in [0.29, 0.717) is 10.8 Å². The monoisotopic (exact) mass is 276 g/mol. The smallest absolute Gasteiger partial charge is 0.248 e. The first kappa shape index (κ1) is 13.0. The Bertz CT molecular complexity index is 477. The SMILES string of the molecule is CN1C2CCC1CC(Sc1cccc(C(N)=O)c1)C2. The first-order chi connectivity index (χ1) is 9.13. The Balaban J connectivity index is 1.69. The molecule has 2 heterocycles. The highest BCUT2D eigenvalue weighted by Crippen LogP contribution is 2.41. The van der Waals surface area contributed by atoms with Gasteiger partial charge in [0.2, 0.25) is 5.91 Å². The zero-order chi connectivity index (χ0) is 13.4. The second kappa shape index (κ2) is 5.17. The maximum atomic E-state index is 11.2. The highest BCUT2D eigenvalue weighted by Gasteiger charge is 2.38. The van der Waals surface area contributed by atoms with Crippen LogP contribution in [-0.4, -0.2) is 35.2 Å². The van der Waals surface area contributed by atoms with E-state index in [1.54, 1.807) is 6.07 Å². The van der Waals surface area contributed by atoms with E-state index in [9.17, 15) is 4.79 Å². The lowest BCUT2D eigenvalue weighted by Gasteiger charge is -2.36. The van der Waals surface area contributed by atoms with Crippen molar-refractivity contribution < 1.29 is 4.79 Å². The van der Waals surface area contributed by atoms with Crippen LogP contribution in [0.1, 0.15) is 36.0 Å². The van der Waals surface area contributed by atoms with Crippen molar-refractivity contribution in [2.24, 2.45) is 5.73 Å². The predicted octanol–water partition coefficient (Wildman–Crippen LogP) is 2.50. The van der Waals surface area contributed by atoms with E-state index >= 15 is 0 Å². The summed E-state index contributed by atoms with van der Waals surface area (Å²) in [5, 5.41) is 0.678. The predicted molar refractivity (Wildman–Crippen MR) is 78.4 cm³/mol. The lowest BCUT2D eigenvalue weighted by Crippen LogP contribution is -2.40. The van der Waals surface area contributed by atoms with Crippen molar-refractivity contribution >= 4 is 17.7 Å². The number of nitrogens with two attached hydrogens (primary N) is 1. The van der Waals surface area contributed by atoms with Gasteiger partial charge in [0.05, 0.1) is 0 Å². The number of thioether (sulfide) groups is 1. The summed E-state index contributed by atoms with van der Waals surface area (Å²) in [4.78, 5) is 14.9. The lowest BCUT2D eigenvalue weighted by atomic mass is 10.0.